The maximum absolute atomic E-state index is 6.27. The lowest BCUT2D eigenvalue weighted by atomic mass is 10.0. The monoisotopic (exact) mass is 399 g/mol. The van der Waals surface area contributed by atoms with Gasteiger partial charge in [-0.05, 0) is 72.9 Å². The normalized spacial score (nSPS) is 20.5. The summed E-state index contributed by atoms with van der Waals surface area (Å²) in [5.41, 5.74) is 15.7. The van der Waals surface area contributed by atoms with Gasteiger partial charge in [0.2, 0.25) is 0 Å². The van der Waals surface area contributed by atoms with Crippen LogP contribution in [0.5, 0.6) is 0 Å². The maximum atomic E-state index is 6.27. The molecule has 6 rings (SSSR count). The maximum Gasteiger partial charge on any atom is 0.0738 e. The van der Waals surface area contributed by atoms with Gasteiger partial charge in [-0.3, -0.25) is 0 Å². The molecule has 0 aliphatic carbocycles. The first-order chi connectivity index (χ1) is 15.2. The summed E-state index contributed by atoms with van der Waals surface area (Å²) in [4.78, 5) is 18.9. The average molecular weight is 399 g/mol. The molecule has 1 aromatic carbocycles. The zero-order chi connectivity index (χ0) is 20.8. The quantitative estimate of drug-likeness (QED) is 0.684. The van der Waals surface area contributed by atoms with E-state index in [4.69, 9.17) is 15.7 Å². The van der Waals surface area contributed by atoms with E-state index < -0.39 is 0 Å². The minimum atomic E-state index is 0.715. The highest BCUT2D eigenvalue weighted by molar-refractivity contribution is 6.19. The molecule has 146 valence electrons. The van der Waals surface area contributed by atoms with Crippen molar-refractivity contribution in [3.05, 3.63) is 119 Å². The van der Waals surface area contributed by atoms with Gasteiger partial charge < -0.3 is 5.73 Å². The molecule has 5 heterocycles. The molecule has 0 radical (unpaired) electrons. The minimum absolute atomic E-state index is 0.715. The summed E-state index contributed by atoms with van der Waals surface area (Å²) in [6.45, 7) is 0. The van der Waals surface area contributed by atoms with Gasteiger partial charge in [0.15, 0.2) is 0 Å². The Hall–Kier alpha value is -4.38. The summed E-state index contributed by atoms with van der Waals surface area (Å²) in [6, 6.07) is 7.83. The fourth-order valence-electron chi connectivity index (χ4n) is 3.86. The molecule has 5 aliphatic heterocycles. The van der Waals surface area contributed by atoms with E-state index in [1.54, 1.807) is 0 Å². The molecule has 1 aromatic rings. The van der Waals surface area contributed by atoms with Crippen molar-refractivity contribution in [2.45, 2.75) is 0 Å². The first kappa shape index (κ1) is 17.5. The highest BCUT2D eigenvalue weighted by Gasteiger charge is 2.19. The standard InChI is InChI=1S/C26H17N5/c27-25-4-2-1-3-23(25)24-14-22-13-20-8-7-18(29-20)11-16-5-6-17(28-16)12-19-9-10-21(30-19)15-26(24)31-22/h1-15H,27H2. The third kappa shape index (κ3) is 3.32. The summed E-state index contributed by atoms with van der Waals surface area (Å²) < 4.78 is 0. The number of fused-ring (bicyclic) bond motifs is 4. The second-order valence-corrected chi connectivity index (χ2v) is 7.53. The third-order valence-electron chi connectivity index (χ3n) is 5.29. The number of benzene rings is 1. The number of hydrogen-bond acceptors (Lipinski definition) is 5. The van der Waals surface area contributed by atoms with Gasteiger partial charge in [0, 0.05) is 16.8 Å². The highest BCUT2D eigenvalue weighted by atomic mass is 14.8. The Morgan fingerprint density at radius 1 is 0.516 bits per heavy atom. The Balaban J connectivity index is 1.52. The van der Waals surface area contributed by atoms with Crippen molar-refractivity contribution in [3.8, 4) is 0 Å². The molecule has 0 spiro atoms. The van der Waals surface area contributed by atoms with E-state index in [0.717, 1.165) is 56.8 Å². The van der Waals surface area contributed by atoms with Crippen molar-refractivity contribution in [3.63, 3.8) is 0 Å². The van der Waals surface area contributed by atoms with Gasteiger partial charge >= 0.3 is 0 Å². The number of anilines is 1. The first-order valence-electron chi connectivity index (χ1n) is 10.0. The Morgan fingerprint density at radius 2 is 1.06 bits per heavy atom. The van der Waals surface area contributed by atoms with Gasteiger partial charge in [0.05, 0.1) is 45.6 Å². The highest BCUT2D eigenvalue weighted by Crippen LogP contribution is 2.33. The van der Waals surface area contributed by atoms with Crippen LogP contribution in [0.1, 0.15) is 5.56 Å². The van der Waals surface area contributed by atoms with Gasteiger partial charge in [-0.1, -0.05) is 18.2 Å². The van der Waals surface area contributed by atoms with E-state index in [2.05, 4.69) is 9.98 Å². The fraction of sp³-hybridized carbons (Fsp3) is 0. The second-order valence-electron chi connectivity index (χ2n) is 7.53. The molecule has 0 amide bonds. The van der Waals surface area contributed by atoms with Crippen molar-refractivity contribution in [2.24, 2.45) is 20.0 Å². The molecule has 0 aromatic heterocycles. The molecule has 5 aliphatic rings. The SMILES string of the molecule is Nc1ccccc1C1=CC2=NC1=CC1=NC(=CC3=NC(=CC4=NC(=C2)C=C4)C=C3)C=C1. The van der Waals surface area contributed by atoms with Crippen LogP contribution in [0.15, 0.2) is 134 Å². The van der Waals surface area contributed by atoms with Crippen LogP contribution in [0.4, 0.5) is 5.69 Å². The topological polar surface area (TPSA) is 75.5 Å². The van der Waals surface area contributed by atoms with E-state index in [9.17, 15) is 0 Å². The molecule has 2 N–H and O–H groups in total. The molecule has 5 nitrogen and oxygen atoms in total. The predicted octanol–water partition coefficient (Wildman–Crippen LogP) is 4.69. The van der Waals surface area contributed by atoms with E-state index in [0.29, 0.717) is 5.69 Å². The van der Waals surface area contributed by atoms with Crippen molar-refractivity contribution in [1.82, 2.24) is 0 Å². The Morgan fingerprint density at radius 3 is 1.68 bits per heavy atom. The van der Waals surface area contributed by atoms with Gasteiger partial charge in [0.1, 0.15) is 0 Å². The van der Waals surface area contributed by atoms with Crippen LogP contribution in [0.2, 0.25) is 0 Å². The summed E-state index contributed by atoms with van der Waals surface area (Å²) in [5.74, 6) is 0. The van der Waals surface area contributed by atoms with Crippen LogP contribution < -0.4 is 5.73 Å². The molecule has 31 heavy (non-hydrogen) atoms. The molecule has 8 bridgehead atoms. The van der Waals surface area contributed by atoms with Crippen LogP contribution in [0, 0.1) is 0 Å². The van der Waals surface area contributed by atoms with Crippen molar-refractivity contribution in [1.29, 1.82) is 0 Å². The number of nitrogens with two attached hydrogens (primary N) is 1. The molecule has 0 unspecified atom stereocenters. The number of nitrogen functional groups attached to an aromatic ring is 1. The van der Waals surface area contributed by atoms with E-state index in [-0.39, 0.29) is 0 Å². The Bertz CT molecular complexity index is 1410. The number of nitrogens with zero attached hydrogens (tertiary/aromatic N) is 4. The zero-order valence-electron chi connectivity index (χ0n) is 16.5. The van der Waals surface area contributed by atoms with Crippen molar-refractivity contribution >= 4 is 34.1 Å². The van der Waals surface area contributed by atoms with E-state index in [1.807, 2.05) is 91.1 Å². The molecule has 0 atom stereocenters. The summed E-state index contributed by atoms with van der Waals surface area (Å²) >= 11 is 0. The van der Waals surface area contributed by atoms with Crippen LogP contribution in [-0.2, 0) is 0 Å². The van der Waals surface area contributed by atoms with Crippen LogP contribution in [-0.4, -0.2) is 22.8 Å². The number of rotatable bonds is 1. The average Bonchev–Trinajstić information content (AvgIpc) is 3.53. The number of allylic oxidation sites excluding steroid dienone is 12. The molecular formula is C26H17N5. The van der Waals surface area contributed by atoms with Crippen molar-refractivity contribution in [2.75, 3.05) is 5.73 Å². The van der Waals surface area contributed by atoms with E-state index >= 15 is 0 Å². The zero-order valence-corrected chi connectivity index (χ0v) is 16.5. The van der Waals surface area contributed by atoms with Gasteiger partial charge in [0.25, 0.3) is 0 Å². The first-order valence-corrected chi connectivity index (χ1v) is 10.0. The van der Waals surface area contributed by atoms with Gasteiger partial charge in [-0.2, -0.15) is 0 Å². The summed E-state index contributed by atoms with van der Waals surface area (Å²) in [5, 5.41) is 0. The minimum Gasteiger partial charge on any atom is -0.398 e. The van der Waals surface area contributed by atoms with Gasteiger partial charge in [-0.15, -0.1) is 0 Å². The molecule has 0 saturated heterocycles. The smallest absolute Gasteiger partial charge is 0.0738 e. The van der Waals surface area contributed by atoms with Crippen LogP contribution in [0.25, 0.3) is 5.57 Å². The number of aliphatic imine (C=N–C) groups is 4. The third-order valence-corrected chi connectivity index (χ3v) is 5.29. The predicted molar refractivity (Wildman–Crippen MR) is 128 cm³/mol. The Labute approximate surface area is 179 Å². The fourth-order valence-corrected chi connectivity index (χ4v) is 3.86. The number of hydrogen-bond donors (Lipinski definition) is 1. The second kappa shape index (κ2) is 6.85. The summed E-state index contributed by atoms with van der Waals surface area (Å²) in [7, 11) is 0. The van der Waals surface area contributed by atoms with Gasteiger partial charge in [-0.25, -0.2) is 20.0 Å². The summed E-state index contributed by atoms with van der Waals surface area (Å²) in [6.07, 6.45) is 21.9. The molecule has 5 heteroatoms. The lowest BCUT2D eigenvalue weighted by Gasteiger charge is -2.07. The number of para-hydroxylation sites is 1. The molecule has 0 fully saturated rings. The van der Waals surface area contributed by atoms with E-state index in [1.165, 1.54) is 0 Å². The largest absolute Gasteiger partial charge is 0.398 e. The molecular weight excluding hydrogens is 382 g/mol. The van der Waals surface area contributed by atoms with Crippen molar-refractivity contribution < 1.29 is 0 Å². The van der Waals surface area contributed by atoms with Crippen LogP contribution >= 0.6 is 0 Å². The lowest BCUT2D eigenvalue weighted by Crippen LogP contribution is -1.95. The lowest BCUT2D eigenvalue weighted by molar-refractivity contribution is 1.41. The molecule has 0 saturated carbocycles. The Kier molecular flexibility index (Phi) is 3.86. The van der Waals surface area contributed by atoms with Crippen LogP contribution in [0.3, 0.4) is 0 Å².